The third-order valence-corrected chi connectivity index (χ3v) is 2.81. The number of rotatable bonds is 3. The number of nitrogens with zero attached hydrogens (tertiary/aromatic N) is 1. The molecule has 5 heteroatoms. The van der Waals surface area contributed by atoms with E-state index in [9.17, 15) is 4.79 Å². The highest BCUT2D eigenvalue weighted by atomic mass is 16.1. The second-order valence-corrected chi connectivity index (χ2v) is 5.92. The van der Waals surface area contributed by atoms with Crippen molar-refractivity contribution in [3.63, 3.8) is 0 Å². The highest BCUT2D eigenvalue weighted by molar-refractivity contribution is 5.97. The van der Waals surface area contributed by atoms with Crippen LogP contribution in [0.25, 0.3) is 0 Å². The van der Waals surface area contributed by atoms with Gasteiger partial charge in [-0.3, -0.25) is 9.89 Å². The van der Waals surface area contributed by atoms with Gasteiger partial charge < -0.3 is 11.1 Å². The van der Waals surface area contributed by atoms with E-state index < -0.39 is 0 Å². The Morgan fingerprint density at radius 1 is 1.53 bits per heavy atom. The molecule has 1 aromatic rings. The minimum Gasteiger partial charge on any atom is -0.395 e. The number of carbonyl (C=O) groups excluding carboxylic acids is 1. The van der Waals surface area contributed by atoms with Gasteiger partial charge in [0, 0.05) is 12.5 Å². The second kappa shape index (κ2) is 4.05. The van der Waals surface area contributed by atoms with Crippen molar-refractivity contribution in [2.75, 3.05) is 12.3 Å². The quantitative estimate of drug-likeness (QED) is 0.746. The van der Waals surface area contributed by atoms with Gasteiger partial charge in [0.05, 0.1) is 11.4 Å². The van der Waals surface area contributed by atoms with Gasteiger partial charge in [-0.25, -0.2) is 0 Å². The number of aromatic nitrogens is 2. The average Bonchev–Trinajstić information content (AvgIpc) is 2.98. The molecule has 1 aromatic heterocycles. The molecule has 1 aliphatic carbocycles. The molecule has 0 spiro atoms. The Bertz CT molecular complexity index is 426. The lowest BCUT2D eigenvalue weighted by molar-refractivity contribution is 0.0935. The number of hydrogen-bond acceptors (Lipinski definition) is 3. The standard InChI is InChI=1S/C12H20N4O/c1-12(2,3)6-14-11(17)10-8(13)9(15-16-10)7-4-5-7/h7H,4-6,13H2,1-3H3,(H,14,17)(H,15,16). The highest BCUT2D eigenvalue weighted by Crippen LogP contribution is 2.42. The molecule has 1 aliphatic rings. The zero-order chi connectivity index (χ0) is 12.6. The number of nitrogen functional groups attached to an aromatic ring is 1. The van der Waals surface area contributed by atoms with E-state index in [-0.39, 0.29) is 11.3 Å². The van der Waals surface area contributed by atoms with Crippen molar-refractivity contribution >= 4 is 11.6 Å². The average molecular weight is 236 g/mol. The van der Waals surface area contributed by atoms with Gasteiger partial charge in [0.15, 0.2) is 5.69 Å². The Hall–Kier alpha value is -1.52. The van der Waals surface area contributed by atoms with Crippen molar-refractivity contribution < 1.29 is 4.79 Å². The molecule has 5 nitrogen and oxygen atoms in total. The Balaban J connectivity index is 2.04. The van der Waals surface area contributed by atoms with Crippen LogP contribution in [0.15, 0.2) is 0 Å². The van der Waals surface area contributed by atoms with Crippen LogP contribution in [-0.2, 0) is 0 Å². The number of nitrogens with one attached hydrogen (secondary N) is 2. The third-order valence-electron chi connectivity index (χ3n) is 2.81. The summed E-state index contributed by atoms with van der Waals surface area (Å²) in [4.78, 5) is 11.9. The van der Waals surface area contributed by atoms with Gasteiger partial charge in [0.25, 0.3) is 5.91 Å². The normalized spacial score (nSPS) is 15.9. The van der Waals surface area contributed by atoms with Crippen LogP contribution in [-0.4, -0.2) is 22.6 Å². The molecule has 0 saturated heterocycles. The van der Waals surface area contributed by atoms with Crippen LogP contribution in [0.4, 0.5) is 5.69 Å². The molecule has 4 N–H and O–H groups in total. The van der Waals surface area contributed by atoms with Crippen molar-refractivity contribution in [2.24, 2.45) is 5.41 Å². The van der Waals surface area contributed by atoms with Crippen LogP contribution in [0, 0.1) is 5.41 Å². The Labute approximate surface area is 101 Å². The first kappa shape index (κ1) is 12.0. The van der Waals surface area contributed by atoms with Gasteiger partial charge in [-0.15, -0.1) is 0 Å². The number of carbonyl (C=O) groups is 1. The van der Waals surface area contributed by atoms with E-state index in [1.807, 2.05) is 0 Å². The molecular formula is C12H20N4O. The molecule has 94 valence electrons. The molecule has 0 atom stereocenters. The summed E-state index contributed by atoms with van der Waals surface area (Å²) in [6, 6.07) is 0. The van der Waals surface area contributed by atoms with E-state index in [4.69, 9.17) is 5.73 Å². The van der Waals surface area contributed by atoms with Gasteiger partial charge in [0.2, 0.25) is 0 Å². The van der Waals surface area contributed by atoms with E-state index in [0.717, 1.165) is 18.5 Å². The molecule has 17 heavy (non-hydrogen) atoms. The van der Waals surface area contributed by atoms with Crippen molar-refractivity contribution in [1.29, 1.82) is 0 Å². The maximum atomic E-state index is 11.9. The minimum atomic E-state index is -0.194. The fourth-order valence-electron chi connectivity index (χ4n) is 1.65. The third kappa shape index (κ3) is 2.78. The van der Waals surface area contributed by atoms with Gasteiger partial charge >= 0.3 is 0 Å². The maximum Gasteiger partial charge on any atom is 0.273 e. The predicted molar refractivity (Wildman–Crippen MR) is 66.8 cm³/mol. The second-order valence-electron chi connectivity index (χ2n) is 5.92. The number of anilines is 1. The lowest BCUT2D eigenvalue weighted by atomic mass is 9.97. The number of hydrogen-bond donors (Lipinski definition) is 3. The van der Waals surface area contributed by atoms with E-state index in [1.54, 1.807) is 0 Å². The fraction of sp³-hybridized carbons (Fsp3) is 0.667. The summed E-state index contributed by atoms with van der Waals surface area (Å²) in [5, 5.41) is 9.74. The Morgan fingerprint density at radius 2 is 2.18 bits per heavy atom. The molecule has 1 saturated carbocycles. The van der Waals surface area contributed by atoms with Gasteiger partial charge in [0.1, 0.15) is 0 Å². The summed E-state index contributed by atoms with van der Waals surface area (Å²) in [7, 11) is 0. The molecule has 0 bridgehead atoms. The summed E-state index contributed by atoms with van der Waals surface area (Å²) < 4.78 is 0. The number of amides is 1. The molecular weight excluding hydrogens is 216 g/mol. The van der Waals surface area contributed by atoms with Crippen molar-refractivity contribution in [3.05, 3.63) is 11.4 Å². The molecule has 0 radical (unpaired) electrons. The Morgan fingerprint density at radius 3 is 2.71 bits per heavy atom. The smallest absolute Gasteiger partial charge is 0.273 e. The molecule has 2 rings (SSSR count). The van der Waals surface area contributed by atoms with Crippen LogP contribution in [0.1, 0.15) is 55.7 Å². The van der Waals surface area contributed by atoms with Gasteiger partial charge in [-0.2, -0.15) is 5.10 Å². The maximum absolute atomic E-state index is 11.9. The van der Waals surface area contributed by atoms with Crippen molar-refractivity contribution in [3.8, 4) is 0 Å². The van der Waals surface area contributed by atoms with Crippen molar-refractivity contribution in [1.82, 2.24) is 15.5 Å². The van der Waals surface area contributed by atoms with E-state index in [0.29, 0.717) is 23.8 Å². The highest BCUT2D eigenvalue weighted by Gasteiger charge is 2.30. The SMILES string of the molecule is CC(C)(C)CNC(=O)c1n[nH]c(C2CC2)c1N. The van der Waals surface area contributed by atoms with Gasteiger partial charge in [-0.1, -0.05) is 20.8 Å². The molecule has 0 aromatic carbocycles. The summed E-state index contributed by atoms with van der Waals surface area (Å²) in [5.74, 6) is 0.284. The first-order valence-electron chi connectivity index (χ1n) is 6.00. The summed E-state index contributed by atoms with van der Waals surface area (Å²) in [6.45, 7) is 6.81. The first-order valence-corrected chi connectivity index (χ1v) is 6.00. The summed E-state index contributed by atoms with van der Waals surface area (Å²) >= 11 is 0. The van der Waals surface area contributed by atoms with Crippen LogP contribution in [0.2, 0.25) is 0 Å². The predicted octanol–water partition coefficient (Wildman–Crippen LogP) is 1.65. The van der Waals surface area contributed by atoms with E-state index in [2.05, 4.69) is 36.3 Å². The molecule has 1 heterocycles. The summed E-state index contributed by atoms with van der Waals surface area (Å²) in [6.07, 6.45) is 2.27. The lowest BCUT2D eigenvalue weighted by Gasteiger charge is -2.18. The minimum absolute atomic E-state index is 0.0556. The van der Waals surface area contributed by atoms with Gasteiger partial charge in [-0.05, 0) is 18.3 Å². The molecule has 0 aliphatic heterocycles. The van der Waals surface area contributed by atoms with Crippen LogP contribution in [0.3, 0.4) is 0 Å². The zero-order valence-corrected chi connectivity index (χ0v) is 10.6. The summed E-state index contributed by atoms with van der Waals surface area (Å²) in [5.41, 5.74) is 7.75. The van der Waals surface area contributed by atoms with E-state index in [1.165, 1.54) is 0 Å². The van der Waals surface area contributed by atoms with Crippen LogP contribution < -0.4 is 11.1 Å². The molecule has 1 amide bonds. The van der Waals surface area contributed by atoms with Crippen molar-refractivity contribution in [2.45, 2.75) is 39.5 Å². The van der Waals surface area contributed by atoms with Crippen LogP contribution in [0.5, 0.6) is 0 Å². The molecule has 1 fully saturated rings. The number of nitrogens with two attached hydrogens (primary N) is 1. The Kier molecular flexibility index (Phi) is 2.85. The topological polar surface area (TPSA) is 83.8 Å². The fourth-order valence-corrected chi connectivity index (χ4v) is 1.65. The van der Waals surface area contributed by atoms with Crippen LogP contribution >= 0.6 is 0 Å². The van der Waals surface area contributed by atoms with E-state index >= 15 is 0 Å². The lowest BCUT2D eigenvalue weighted by Crippen LogP contribution is -2.32. The number of aromatic amines is 1. The molecule has 0 unspecified atom stereocenters. The largest absolute Gasteiger partial charge is 0.395 e. The number of H-pyrrole nitrogens is 1. The first-order chi connectivity index (χ1) is 7.88. The monoisotopic (exact) mass is 236 g/mol. The zero-order valence-electron chi connectivity index (χ0n) is 10.6.